The molecule has 3 nitrogen and oxygen atoms in total. The molecule has 22 heavy (non-hydrogen) atoms. The highest BCUT2D eigenvalue weighted by Crippen LogP contribution is 2.27. The van der Waals surface area contributed by atoms with Gasteiger partial charge in [-0.25, -0.2) is 0 Å². The van der Waals surface area contributed by atoms with E-state index in [4.69, 9.17) is 16.3 Å². The quantitative estimate of drug-likeness (QED) is 0.766. The van der Waals surface area contributed by atoms with Crippen molar-refractivity contribution >= 4 is 35.0 Å². The standard InChI is InChI=1S/C17H18ClNO2S/c1-3-16(22-15-10-4-12(18)5-11-15)17(20)19-13-6-8-14(21-2)9-7-13/h4-11,16H,3H2,1-2H3,(H,19,20)/t16-/m0/s1. The van der Waals surface area contributed by atoms with Crippen molar-refractivity contribution in [1.29, 1.82) is 0 Å². The third-order valence-electron chi connectivity index (χ3n) is 3.11. The number of benzene rings is 2. The highest BCUT2D eigenvalue weighted by atomic mass is 35.5. The third kappa shape index (κ3) is 4.68. The van der Waals surface area contributed by atoms with Gasteiger partial charge in [-0.05, 0) is 55.0 Å². The Morgan fingerprint density at radius 2 is 1.82 bits per heavy atom. The molecule has 2 aromatic carbocycles. The highest BCUT2D eigenvalue weighted by molar-refractivity contribution is 8.00. The monoisotopic (exact) mass is 335 g/mol. The van der Waals surface area contributed by atoms with Crippen LogP contribution in [0.2, 0.25) is 5.02 Å². The molecule has 1 amide bonds. The van der Waals surface area contributed by atoms with Crippen molar-refractivity contribution < 1.29 is 9.53 Å². The Labute approximate surface area is 140 Å². The number of anilines is 1. The van der Waals surface area contributed by atoms with E-state index in [2.05, 4.69) is 5.32 Å². The lowest BCUT2D eigenvalue weighted by molar-refractivity contribution is -0.115. The van der Waals surface area contributed by atoms with E-state index in [1.165, 1.54) is 11.8 Å². The summed E-state index contributed by atoms with van der Waals surface area (Å²) in [6.07, 6.45) is 0.745. The van der Waals surface area contributed by atoms with Gasteiger partial charge in [-0.3, -0.25) is 4.79 Å². The van der Waals surface area contributed by atoms with E-state index in [0.717, 1.165) is 22.8 Å². The van der Waals surface area contributed by atoms with Crippen molar-refractivity contribution in [3.63, 3.8) is 0 Å². The molecule has 0 aromatic heterocycles. The van der Waals surface area contributed by atoms with Gasteiger partial charge in [0.05, 0.1) is 12.4 Å². The van der Waals surface area contributed by atoms with E-state index in [1.807, 2.05) is 55.5 Å². The third-order valence-corrected chi connectivity index (χ3v) is 4.74. The zero-order valence-corrected chi connectivity index (χ0v) is 14.1. The SMILES string of the molecule is CC[C@H](Sc1ccc(Cl)cc1)C(=O)Nc1ccc(OC)cc1. The first kappa shape index (κ1) is 16.7. The Kier molecular flexibility index (Phi) is 6.16. The van der Waals surface area contributed by atoms with Gasteiger partial charge in [0.2, 0.25) is 5.91 Å². The molecule has 116 valence electrons. The fraction of sp³-hybridized carbons (Fsp3) is 0.235. The Hall–Kier alpha value is -1.65. The zero-order chi connectivity index (χ0) is 15.9. The van der Waals surface area contributed by atoms with Crippen molar-refractivity contribution in [3.05, 3.63) is 53.6 Å². The van der Waals surface area contributed by atoms with Crippen molar-refractivity contribution in [2.45, 2.75) is 23.5 Å². The molecule has 0 saturated heterocycles. The lowest BCUT2D eigenvalue weighted by Crippen LogP contribution is -2.24. The number of hydrogen-bond acceptors (Lipinski definition) is 3. The maximum Gasteiger partial charge on any atom is 0.237 e. The average Bonchev–Trinajstić information content (AvgIpc) is 2.55. The molecule has 0 aliphatic rings. The average molecular weight is 336 g/mol. The number of halogens is 1. The number of ether oxygens (including phenoxy) is 1. The number of hydrogen-bond donors (Lipinski definition) is 1. The molecule has 0 radical (unpaired) electrons. The molecule has 0 spiro atoms. The first-order chi connectivity index (χ1) is 10.6. The van der Waals surface area contributed by atoms with E-state index in [1.54, 1.807) is 7.11 Å². The summed E-state index contributed by atoms with van der Waals surface area (Å²) in [6.45, 7) is 2.00. The predicted octanol–water partition coefficient (Wildman–Crippen LogP) is 4.86. The van der Waals surface area contributed by atoms with E-state index in [-0.39, 0.29) is 11.2 Å². The Balaban J connectivity index is 1.99. The largest absolute Gasteiger partial charge is 0.497 e. The summed E-state index contributed by atoms with van der Waals surface area (Å²) < 4.78 is 5.10. The van der Waals surface area contributed by atoms with Gasteiger partial charge < -0.3 is 10.1 Å². The van der Waals surface area contributed by atoms with Crippen LogP contribution in [0.5, 0.6) is 5.75 Å². The van der Waals surface area contributed by atoms with Gasteiger partial charge in [0.1, 0.15) is 5.75 Å². The Bertz CT molecular complexity index is 614. The van der Waals surface area contributed by atoms with Crippen molar-refractivity contribution in [2.24, 2.45) is 0 Å². The second-order valence-electron chi connectivity index (χ2n) is 4.69. The Morgan fingerprint density at radius 3 is 2.36 bits per heavy atom. The van der Waals surface area contributed by atoms with Crippen molar-refractivity contribution in [3.8, 4) is 5.75 Å². The molecule has 0 heterocycles. The van der Waals surface area contributed by atoms with E-state index < -0.39 is 0 Å². The molecule has 2 rings (SSSR count). The maximum absolute atomic E-state index is 12.4. The number of methoxy groups -OCH3 is 1. The summed E-state index contributed by atoms with van der Waals surface area (Å²) in [4.78, 5) is 13.4. The molecule has 0 aliphatic carbocycles. The van der Waals surface area contributed by atoms with Crippen LogP contribution < -0.4 is 10.1 Å². The van der Waals surface area contributed by atoms with Gasteiger partial charge in [-0.1, -0.05) is 18.5 Å². The zero-order valence-electron chi connectivity index (χ0n) is 12.5. The second kappa shape index (κ2) is 8.11. The van der Waals surface area contributed by atoms with Crippen LogP contribution in [0, 0.1) is 0 Å². The maximum atomic E-state index is 12.4. The van der Waals surface area contributed by atoms with Gasteiger partial charge in [0.15, 0.2) is 0 Å². The van der Waals surface area contributed by atoms with Crippen LogP contribution in [-0.2, 0) is 4.79 Å². The minimum atomic E-state index is -0.150. The molecule has 1 N–H and O–H groups in total. The van der Waals surface area contributed by atoms with Crippen molar-refractivity contribution in [1.82, 2.24) is 0 Å². The van der Waals surface area contributed by atoms with Gasteiger partial charge >= 0.3 is 0 Å². The number of carbonyl (C=O) groups excluding carboxylic acids is 1. The van der Waals surface area contributed by atoms with Gasteiger partial charge in [-0.2, -0.15) is 0 Å². The molecule has 0 fully saturated rings. The summed E-state index contributed by atoms with van der Waals surface area (Å²) >= 11 is 7.41. The minimum absolute atomic E-state index is 0.00684. The summed E-state index contributed by atoms with van der Waals surface area (Å²) in [5.74, 6) is 0.758. The normalized spacial score (nSPS) is 11.8. The number of amides is 1. The van der Waals surface area contributed by atoms with Crippen LogP contribution in [-0.4, -0.2) is 18.3 Å². The van der Waals surface area contributed by atoms with E-state index in [0.29, 0.717) is 5.02 Å². The fourth-order valence-electron chi connectivity index (χ4n) is 1.90. The van der Waals surface area contributed by atoms with Crippen LogP contribution in [0.15, 0.2) is 53.4 Å². The molecule has 2 aromatic rings. The molecule has 1 atom stereocenters. The fourth-order valence-corrected chi connectivity index (χ4v) is 2.98. The second-order valence-corrected chi connectivity index (χ2v) is 6.40. The predicted molar refractivity (Wildman–Crippen MR) is 93.0 cm³/mol. The van der Waals surface area contributed by atoms with Crippen LogP contribution >= 0.6 is 23.4 Å². The van der Waals surface area contributed by atoms with Crippen molar-refractivity contribution in [2.75, 3.05) is 12.4 Å². The van der Waals surface area contributed by atoms with Gasteiger partial charge in [-0.15, -0.1) is 11.8 Å². The van der Waals surface area contributed by atoms with Crippen LogP contribution in [0.3, 0.4) is 0 Å². The van der Waals surface area contributed by atoms with Crippen LogP contribution in [0.4, 0.5) is 5.69 Å². The summed E-state index contributed by atoms with van der Waals surface area (Å²) in [5.41, 5.74) is 0.765. The van der Waals surface area contributed by atoms with E-state index >= 15 is 0 Å². The molecular formula is C17H18ClNO2S. The molecule has 5 heteroatoms. The number of carbonyl (C=O) groups is 1. The summed E-state index contributed by atoms with van der Waals surface area (Å²) in [6, 6.07) is 14.8. The van der Waals surface area contributed by atoms with Gasteiger partial charge in [0, 0.05) is 15.6 Å². The highest BCUT2D eigenvalue weighted by Gasteiger charge is 2.18. The topological polar surface area (TPSA) is 38.3 Å². The molecule has 0 bridgehead atoms. The summed E-state index contributed by atoms with van der Waals surface area (Å²) in [7, 11) is 1.61. The molecule has 0 aliphatic heterocycles. The first-order valence-electron chi connectivity index (χ1n) is 6.99. The first-order valence-corrected chi connectivity index (χ1v) is 8.25. The van der Waals surface area contributed by atoms with Crippen LogP contribution in [0.1, 0.15) is 13.3 Å². The van der Waals surface area contributed by atoms with Crippen LogP contribution in [0.25, 0.3) is 0 Å². The summed E-state index contributed by atoms with van der Waals surface area (Å²) in [5, 5.41) is 3.48. The molecular weight excluding hydrogens is 318 g/mol. The van der Waals surface area contributed by atoms with Gasteiger partial charge in [0.25, 0.3) is 0 Å². The smallest absolute Gasteiger partial charge is 0.237 e. The Morgan fingerprint density at radius 1 is 1.18 bits per heavy atom. The lowest BCUT2D eigenvalue weighted by Gasteiger charge is -2.15. The number of nitrogens with one attached hydrogen (secondary N) is 1. The number of thioether (sulfide) groups is 1. The minimum Gasteiger partial charge on any atom is -0.497 e. The lowest BCUT2D eigenvalue weighted by atomic mass is 10.2. The van der Waals surface area contributed by atoms with E-state index in [9.17, 15) is 4.79 Å². The molecule has 0 saturated carbocycles. The molecule has 0 unspecified atom stereocenters. The number of rotatable bonds is 6.